The fourth-order valence-electron chi connectivity index (χ4n) is 3.09. The first-order valence-electron chi connectivity index (χ1n) is 6.98. The number of halogens is 1. The van der Waals surface area contributed by atoms with Crippen molar-refractivity contribution in [3.05, 3.63) is 34.4 Å². The molecular weight excluding hydrogens is 330 g/mol. The van der Waals surface area contributed by atoms with Crippen LogP contribution in [0.2, 0.25) is 0 Å². The lowest BCUT2D eigenvalue weighted by molar-refractivity contribution is -0.387. The average molecular weight is 348 g/mol. The lowest BCUT2D eigenvalue weighted by atomic mass is 10.1. The van der Waals surface area contributed by atoms with Gasteiger partial charge in [0.05, 0.1) is 4.92 Å². The fourth-order valence-corrected chi connectivity index (χ4v) is 4.75. The van der Waals surface area contributed by atoms with Gasteiger partial charge in [0.15, 0.2) is 4.90 Å². The van der Waals surface area contributed by atoms with E-state index in [9.17, 15) is 18.5 Å². The van der Waals surface area contributed by atoms with Crippen LogP contribution in [0.25, 0.3) is 0 Å². The number of nitro benzene ring substituents is 1. The van der Waals surface area contributed by atoms with Crippen molar-refractivity contribution in [3.8, 4) is 0 Å². The minimum absolute atomic E-state index is 0. The Balaban J connectivity index is 0.00000176. The molecule has 0 saturated carbocycles. The van der Waals surface area contributed by atoms with Crippen LogP contribution in [0.5, 0.6) is 0 Å². The molecule has 1 aromatic rings. The molecule has 1 aromatic carbocycles. The minimum atomic E-state index is -3.83. The molecule has 2 aliphatic rings. The van der Waals surface area contributed by atoms with E-state index in [2.05, 4.69) is 5.32 Å². The van der Waals surface area contributed by atoms with Gasteiger partial charge in [0.25, 0.3) is 5.69 Å². The van der Waals surface area contributed by atoms with Gasteiger partial charge in [0, 0.05) is 31.2 Å². The van der Waals surface area contributed by atoms with E-state index < -0.39 is 14.9 Å². The van der Waals surface area contributed by atoms with Crippen LogP contribution in [-0.2, 0) is 10.0 Å². The molecule has 2 heterocycles. The van der Waals surface area contributed by atoms with Crippen molar-refractivity contribution in [3.63, 3.8) is 0 Å². The second kappa shape index (κ2) is 6.49. The topological polar surface area (TPSA) is 92.5 Å². The van der Waals surface area contributed by atoms with Crippen molar-refractivity contribution in [2.24, 2.45) is 0 Å². The molecule has 0 amide bonds. The van der Waals surface area contributed by atoms with E-state index in [0.717, 1.165) is 19.3 Å². The molecule has 7 nitrogen and oxygen atoms in total. The van der Waals surface area contributed by atoms with Crippen LogP contribution in [0.15, 0.2) is 29.2 Å². The molecule has 22 heavy (non-hydrogen) atoms. The molecule has 0 aromatic heterocycles. The SMILES string of the molecule is Cl.O=[N+]([O-])c1ccccc1S(=O)(=O)N1CCC2CCC(C1)N2. The van der Waals surface area contributed by atoms with Crippen molar-refractivity contribution in [2.45, 2.75) is 36.2 Å². The van der Waals surface area contributed by atoms with Crippen molar-refractivity contribution in [1.82, 2.24) is 9.62 Å². The monoisotopic (exact) mass is 347 g/mol. The van der Waals surface area contributed by atoms with Gasteiger partial charge in [-0.3, -0.25) is 10.1 Å². The highest BCUT2D eigenvalue weighted by atomic mass is 35.5. The molecule has 1 N–H and O–H groups in total. The van der Waals surface area contributed by atoms with Crippen LogP contribution < -0.4 is 5.32 Å². The molecule has 9 heteroatoms. The molecule has 3 rings (SSSR count). The van der Waals surface area contributed by atoms with Crippen LogP contribution in [0, 0.1) is 10.1 Å². The number of rotatable bonds is 3. The van der Waals surface area contributed by atoms with Gasteiger partial charge in [0.2, 0.25) is 10.0 Å². The minimum Gasteiger partial charge on any atom is -0.310 e. The molecule has 2 atom stereocenters. The zero-order chi connectivity index (χ0) is 15.0. The quantitative estimate of drug-likeness (QED) is 0.661. The third-order valence-corrected chi connectivity index (χ3v) is 6.08. The van der Waals surface area contributed by atoms with Crippen LogP contribution in [0.4, 0.5) is 5.69 Å². The Morgan fingerprint density at radius 1 is 1.18 bits per heavy atom. The van der Waals surface area contributed by atoms with Crippen LogP contribution in [-0.4, -0.2) is 42.8 Å². The summed E-state index contributed by atoms with van der Waals surface area (Å²) in [4.78, 5) is 10.2. The summed E-state index contributed by atoms with van der Waals surface area (Å²) >= 11 is 0. The van der Waals surface area contributed by atoms with E-state index in [1.807, 2.05) is 0 Å². The summed E-state index contributed by atoms with van der Waals surface area (Å²) in [6.45, 7) is 0.785. The molecule has 0 radical (unpaired) electrons. The highest BCUT2D eigenvalue weighted by Gasteiger charge is 2.37. The predicted octanol–water partition coefficient (Wildman–Crippen LogP) is 1.53. The number of nitro groups is 1. The smallest absolute Gasteiger partial charge is 0.289 e. The van der Waals surface area contributed by atoms with Crippen molar-refractivity contribution in [1.29, 1.82) is 0 Å². The van der Waals surface area contributed by atoms with Gasteiger partial charge < -0.3 is 5.32 Å². The highest BCUT2D eigenvalue weighted by molar-refractivity contribution is 7.89. The molecule has 2 aliphatic heterocycles. The van der Waals surface area contributed by atoms with Gasteiger partial charge in [-0.2, -0.15) is 4.31 Å². The summed E-state index contributed by atoms with van der Waals surface area (Å²) in [5.41, 5.74) is -0.361. The Hall–Kier alpha value is -1.22. The lowest BCUT2D eigenvalue weighted by Gasteiger charge is -2.23. The second-order valence-corrected chi connectivity index (χ2v) is 7.42. The first-order chi connectivity index (χ1) is 9.98. The molecule has 2 fully saturated rings. The molecule has 2 unspecified atom stereocenters. The standard InChI is InChI=1S/C13H17N3O4S.ClH/c17-16(18)12-3-1-2-4-13(12)21(19,20)15-8-7-10-5-6-11(9-15)14-10;/h1-4,10-11,14H,5-9H2;1H. The van der Waals surface area contributed by atoms with Gasteiger partial charge in [-0.25, -0.2) is 8.42 Å². The third kappa shape index (κ3) is 3.10. The number of fused-ring (bicyclic) bond motifs is 2. The molecule has 2 bridgehead atoms. The number of hydrogen-bond donors (Lipinski definition) is 1. The van der Waals surface area contributed by atoms with E-state index in [-0.39, 0.29) is 29.0 Å². The second-order valence-electron chi connectivity index (χ2n) is 5.51. The molecular formula is C13H18ClN3O4S. The number of sulfonamides is 1. The number of nitrogens with one attached hydrogen (secondary N) is 1. The number of para-hydroxylation sites is 1. The van der Waals surface area contributed by atoms with Crippen LogP contribution >= 0.6 is 12.4 Å². The summed E-state index contributed by atoms with van der Waals surface area (Å²) < 4.78 is 26.9. The Morgan fingerprint density at radius 2 is 1.86 bits per heavy atom. The Bertz CT molecular complexity index is 667. The Morgan fingerprint density at radius 3 is 2.59 bits per heavy atom. The van der Waals surface area contributed by atoms with Crippen molar-refractivity contribution in [2.75, 3.05) is 13.1 Å². The van der Waals surface area contributed by atoms with Crippen LogP contribution in [0.3, 0.4) is 0 Å². The molecule has 0 spiro atoms. The maximum Gasteiger partial charge on any atom is 0.289 e. The first kappa shape index (κ1) is 17.1. The summed E-state index contributed by atoms with van der Waals surface area (Å²) in [5.74, 6) is 0. The third-order valence-electron chi connectivity index (χ3n) is 4.17. The number of nitrogens with zero attached hydrogens (tertiary/aromatic N) is 2. The average Bonchev–Trinajstić information content (AvgIpc) is 2.77. The van der Waals surface area contributed by atoms with E-state index >= 15 is 0 Å². The largest absolute Gasteiger partial charge is 0.310 e. The maximum atomic E-state index is 12.7. The first-order valence-corrected chi connectivity index (χ1v) is 8.42. The normalized spacial score (nSPS) is 25.3. The molecule has 122 valence electrons. The van der Waals surface area contributed by atoms with Gasteiger partial charge in [-0.05, 0) is 25.3 Å². The zero-order valence-electron chi connectivity index (χ0n) is 11.8. The van der Waals surface area contributed by atoms with E-state index in [4.69, 9.17) is 0 Å². The number of benzene rings is 1. The summed E-state index contributed by atoms with van der Waals surface area (Å²) in [7, 11) is -3.83. The molecule has 0 aliphatic carbocycles. The lowest BCUT2D eigenvalue weighted by Crippen LogP contribution is -2.39. The van der Waals surface area contributed by atoms with Gasteiger partial charge in [-0.1, -0.05) is 12.1 Å². The molecule has 2 saturated heterocycles. The zero-order valence-corrected chi connectivity index (χ0v) is 13.5. The highest BCUT2D eigenvalue weighted by Crippen LogP contribution is 2.29. The van der Waals surface area contributed by atoms with Gasteiger partial charge >= 0.3 is 0 Å². The van der Waals surface area contributed by atoms with E-state index in [1.165, 1.54) is 28.6 Å². The van der Waals surface area contributed by atoms with Gasteiger partial charge in [0.1, 0.15) is 0 Å². The summed E-state index contributed by atoms with van der Waals surface area (Å²) in [6.07, 6.45) is 2.77. The maximum absolute atomic E-state index is 12.7. The Labute approximate surface area is 135 Å². The van der Waals surface area contributed by atoms with Crippen LogP contribution in [0.1, 0.15) is 19.3 Å². The fraction of sp³-hybridized carbons (Fsp3) is 0.538. The Kier molecular flexibility index (Phi) is 5.06. The van der Waals surface area contributed by atoms with Crippen molar-refractivity contribution >= 4 is 28.1 Å². The van der Waals surface area contributed by atoms with Crippen molar-refractivity contribution < 1.29 is 13.3 Å². The van der Waals surface area contributed by atoms with Gasteiger partial charge in [-0.15, -0.1) is 12.4 Å². The number of hydrogen-bond acceptors (Lipinski definition) is 5. The summed E-state index contributed by atoms with van der Waals surface area (Å²) in [5, 5.41) is 14.5. The predicted molar refractivity (Wildman–Crippen MR) is 83.7 cm³/mol. The summed E-state index contributed by atoms with van der Waals surface area (Å²) in [6, 6.07) is 6.04. The van der Waals surface area contributed by atoms with E-state index in [1.54, 1.807) is 0 Å². The van der Waals surface area contributed by atoms with E-state index in [0.29, 0.717) is 19.1 Å².